The van der Waals surface area contributed by atoms with Gasteiger partial charge in [0.1, 0.15) is 0 Å². The normalized spacial score (nSPS) is 14.7. The largest absolute Gasteiger partial charge is 0.344 e. The molecule has 3 unspecified atom stereocenters. The lowest BCUT2D eigenvalue weighted by Crippen LogP contribution is -2.44. The zero-order valence-corrected chi connectivity index (χ0v) is 22.0. The van der Waals surface area contributed by atoms with Crippen LogP contribution in [0, 0.1) is 19.8 Å². The molecule has 1 amide bonds. The fourth-order valence-corrected chi connectivity index (χ4v) is 5.50. The first kappa shape index (κ1) is 27.1. The number of nitrogens with zero attached hydrogens (tertiary/aromatic N) is 1. The van der Waals surface area contributed by atoms with E-state index in [2.05, 4.69) is 38.0 Å². The second-order valence-electron chi connectivity index (χ2n) is 9.30. The highest BCUT2D eigenvalue weighted by atomic mass is 32.2. The van der Waals surface area contributed by atoms with Crippen molar-refractivity contribution in [1.82, 2.24) is 10.2 Å². The summed E-state index contributed by atoms with van der Waals surface area (Å²) in [6.45, 7) is 13.2. The number of nitrogens with one attached hydrogen (secondary N) is 1. The van der Waals surface area contributed by atoms with Crippen LogP contribution in [-0.4, -0.2) is 44.6 Å². The Labute approximate surface area is 200 Å². The molecule has 2 aromatic carbocycles. The molecule has 33 heavy (non-hydrogen) atoms. The predicted octanol–water partition coefficient (Wildman–Crippen LogP) is 5.32. The number of sulfone groups is 1. The Balaban J connectivity index is 2.41. The molecule has 0 fully saturated rings. The number of hydrogen-bond acceptors (Lipinski definition) is 4. The number of amides is 1. The van der Waals surface area contributed by atoms with Crippen LogP contribution in [0.25, 0.3) is 0 Å². The molecule has 1 N–H and O–H groups in total. The maximum Gasteiger partial charge on any atom is 0.252 e. The number of benzene rings is 2. The molecule has 0 heterocycles. The van der Waals surface area contributed by atoms with E-state index in [1.807, 2.05) is 51.1 Å². The molecule has 0 bridgehead atoms. The van der Waals surface area contributed by atoms with Crippen molar-refractivity contribution < 1.29 is 13.2 Å². The van der Waals surface area contributed by atoms with Gasteiger partial charge < -0.3 is 10.2 Å². The molecule has 0 radical (unpaired) electrons. The molecule has 0 aliphatic rings. The zero-order valence-electron chi connectivity index (χ0n) is 21.2. The summed E-state index contributed by atoms with van der Waals surface area (Å²) < 4.78 is 24.9. The fraction of sp³-hybridized carbons (Fsp3) is 0.519. The molecule has 3 atom stereocenters. The van der Waals surface area contributed by atoms with E-state index < -0.39 is 9.84 Å². The fourth-order valence-electron chi connectivity index (χ4n) is 4.18. The smallest absolute Gasteiger partial charge is 0.252 e. The van der Waals surface area contributed by atoms with E-state index in [0.717, 1.165) is 29.7 Å². The molecule has 0 aliphatic heterocycles. The van der Waals surface area contributed by atoms with Crippen LogP contribution in [0.5, 0.6) is 0 Å². The van der Waals surface area contributed by atoms with Crippen LogP contribution in [0.1, 0.15) is 73.6 Å². The first-order valence-corrected chi connectivity index (χ1v) is 13.6. The van der Waals surface area contributed by atoms with Crippen molar-refractivity contribution in [3.63, 3.8) is 0 Å². The molecule has 0 saturated carbocycles. The number of rotatable bonds is 11. The third-order valence-electron chi connectivity index (χ3n) is 6.54. The summed E-state index contributed by atoms with van der Waals surface area (Å²) in [6.07, 6.45) is 1.66. The number of carbonyl (C=O) groups excluding carboxylic acids is 1. The first-order valence-electron chi connectivity index (χ1n) is 11.9. The van der Waals surface area contributed by atoms with Crippen molar-refractivity contribution in [3.05, 3.63) is 64.7 Å². The highest BCUT2D eigenvalue weighted by molar-refractivity contribution is 7.91. The van der Waals surface area contributed by atoms with E-state index in [1.165, 1.54) is 0 Å². The minimum atomic E-state index is -3.28. The Hall–Kier alpha value is -2.18. The van der Waals surface area contributed by atoms with Crippen molar-refractivity contribution in [2.45, 2.75) is 71.4 Å². The Morgan fingerprint density at radius 2 is 1.58 bits per heavy atom. The van der Waals surface area contributed by atoms with Gasteiger partial charge in [-0.05, 0) is 69.0 Å². The van der Waals surface area contributed by atoms with Gasteiger partial charge in [-0.3, -0.25) is 4.79 Å². The van der Waals surface area contributed by atoms with E-state index in [-0.39, 0.29) is 23.7 Å². The lowest BCUT2D eigenvalue weighted by Gasteiger charge is -2.34. The van der Waals surface area contributed by atoms with Crippen LogP contribution in [0.3, 0.4) is 0 Å². The Morgan fingerprint density at radius 1 is 1.00 bits per heavy atom. The van der Waals surface area contributed by atoms with E-state index in [1.54, 1.807) is 12.1 Å². The van der Waals surface area contributed by atoms with E-state index >= 15 is 0 Å². The van der Waals surface area contributed by atoms with Gasteiger partial charge in [-0.1, -0.05) is 57.5 Å². The van der Waals surface area contributed by atoms with Gasteiger partial charge in [-0.15, -0.1) is 0 Å². The van der Waals surface area contributed by atoms with Gasteiger partial charge in [0.25, 0.3) is 5.91 Å². The summed E-state index contributed by atoms with van der Waals surface area (Å²) in [4.78, 5) is 16.0. The Kier molecular flexibility index (Phi) is 9.68. The molecule has 0 aliphatic carbocycles. The SMILES string of the molecule is CCCS(=O)(=O)c1ccc(C(NC(=O)c2c(C)cccc2C)C(C)N(C)CC(C)CC)cc1. The average Bonchev–Trinajstić information content (AvgIpc) is 2.76. The highest BCUT2D eigenvalue weighted by Gasteiger charge is 2.27. The minimum absolute atomic E-state index is 0.0189. The zero-order chi connectivity index (χ0) is 24.8. The summed E-state index contributed by atoms with van der Waals surface area (Å²) in [5.74, 6) is 0.559. The summed E-state index contributed by atoms with van der Waals surface area (Å²) in [5.41, 5.74) is 3.47. The van der Waals surface area contributed by atoms with Gasteiger partial charge in [0.05, 0.1) is 16.7 Å². The third kappa shape index (κ3) is 6.90. The summed E-state index contributed by atoms with van der Waals surface area (Å²) in [7, 11) is -1.21. The topological polar surface area (TPSA) is 66.5 Å². The maximum atomic E-state index is 13.4. The molecular weight excluding hydrogens is 432 g/mol. The van der Waals surface area contributed by atoms with Gasteiger partial charge in [0.15, 0.2) is 9.84 Å². The third-order valence-corrected chi connectivity index (χ3v) is 8.48. The van der Waals surface area contributed by atoms with Gasteiger partial charge in [-0.25, -0.2) is 8.42 Å². The van der Waals surface area contributed by atoms with Crippen molar-refractivity contribution in [2.75, 3.05) is 19.3 Å². The molecule has 0 aromatic heterocycles. The summed E-state index contributed by atoms with van der Waals surface area (Å²) in [5, 5.41) is 3.26. The van der Waals surface area contributed by atoms with E-state index in [4.69, 9.17) is 0 Å². The van der Waals surface area contributed by atoms with Crippen LogP contribution in [0.15, 0.2) is 47.4 Å². The number of hydrogen-bond donors (Lipinski definition) is 1. The average molecular weight is 473 g/mol. The Bertz CT molecular complexity index is 1010. The second-order valence-corrected chi connectivity index (χ2v) is 11.4. The van der Waals surface area contributed by atoms with Crippen molar-refractivity contribution in [1.29, 1.82) is 0 Å². The first-order chi connectivity index (χ1) is 15.5. The summed E-state index contributed by atoms with van der Waals surface area (Å²) in [6, 6.07) is 12.6. The lowest BCUT2D eigenvalue weighted by molar-refractivity contribution is 0.0898. The number of aryl methyl sites for hydroxylation is 2. The number of likely N-dealkylation sites (N-methyl/N-ethyl adjacent to an activating group) is 1. The molecule has 6 heteroatoms. The van der Waals surface area contributed by atoms with E-state index in [0.29, 0.717) is 22.8 Å². The van der Waals surface area contributed by atoms with E-state index in [9.17, 15) is 13.2 Å². The lowest BCUT2D eigenvalue weighted by atomic mass is 9.96. The monoisotopic (exact) mass is 472 g/mol. The predicted molar refractivity (Wildman–Crippen MR) is 136 cm³/mol. The summed E-state index contributed by atoms with van der Waals surface area (Å²) >= 11 is 0. The standard InChI is InChI=1S/C27H40N2O3S/c1-8-17-33(31,32)24-15-13-23(14-16-24)26(22(6)29(7)18-19(3)9-2)28-27(30)25-20(4)11-10-12-21(25)5/h10-16,19,22,26H,8-9,17-18H2,1-7H3,(H,28,30). The van der Waals surface area contributed by atoms with Crippen molar-refractivity contribution >= 4 is 15.7 Å². The van der Waals surface area contributed by atoms with Crippen LogP contribution in [-0.2, 0) is 9.84 Å². The second kappa shape index (κ2) is 11.8. The van der Waals surface area contributed by atoms with Crippen LogP contribution in [0.2, 0.25) is 0 Å². The molecule has 2 aromatic rings. The van der Waals surface area contributed by atoms with Gasteiger partial charge in [0.2, 0.25) is 0 Å². The highest BCUT2D eigenvalue weighted by Crippen LogP contribution is 2.25. The Morgan fingerprint density at radius 3 is 2.09 bits per heavy atom. The van der Waals surface area contributed by atoms with Crippen LogP contribution in [0.4, 0.5) is 0 Å². The van der Waals surface area contributed by atoms with Gasteiger partial charge >= 0.3 is 0 Å². The molecule has 0 spiro atoms. The molecule has 5 nitrogen and oxygen atoms in total. The van der Waals surface area contributed by atoms with Crippen molar-refractivity contribution in [3.8, 4) is 0 Å². The minimum Gasteiger partial charge on any atom is -0.344 e. The van der Waals surface area contributed by atoms with Gasteiger partial charge in [0, 0.05) is 18.2 Å². The van der Waals surface area contributed by atoms with Gasteiger partial charge in [-0.2, -0.15) is 0 Å². The van der Waals surface area contributed by atoms with Crippen molar-refractivity contribution in [2.24, 2.45) is 5.92 Å². The quantitative estimate of drug-likeness (QED) is 0.480. The molecule has 0 saturated heterocycles. The maximum absolute atomic E-state index is 13.4. The molecular formula is C27H40N2O3S. The molecule has 2 rings (SSSR count). The molecule has 182 valence electrons. The van der Waals surface area contributed by atoms with Crippen LogP contribution < -0.4 is 5.32 Å². The number of carbonyl (C=O) groups is 1. The van der Waals surface area contributed by atoms with Crippen LogP contribution >= 0.6 is 0 Å².